The van der Waals surface area contributed by atoms with E-state index in [-0.39, 0.29) is 0 Å². The minimum Gasteiger partial charge on any atom is -0.469 e. The summed E-state index contributed by atoms with van der Waals surface area (Å²) in [7, 11) is 1.10. The van der Waals surface area contributed by atoms with Gasteiger partial charge in [-0.3, -0.25) is 4.79 Å². The summed E-state index contributed by atoms with van der Waals surface area (Å²) in [6.45, 7) is 2.69. The molecule has 1 aromatic carbocycles. The number of hydrogen-bond acceptors (Lipinski definition) is 3. The third-order valence-electron chi connectivity index (χ3n) is 3.21. The predicted octanol–water partition coefficient (Wildman–Crippen LogP) is 3.70. The van der Waals surface area contributed by atoms with Crippen molar-refractivity contribution in [1.82, 2.24) is 0 Å². The Balaban J connectivity index is 3.42. The van der Waals surface area contributed by atoms with Gasteiger partial charge in [0.1, 0.15) is 5.82 Å². The summed E-state index contributed by atoms with van der Waals surface area (Å²) in [5.41, 5.74) is 2.70. The van der Waals surface area contributed by atoms with Gasteiger partial charge in [0.25, 0.3) is 0 Å². The SMILES string of the molecule is COC(=O)C(C)(C)[C@H](N)c1cc(C(F)(F)F)cc(Cl)c1F. The zero-order valence-electron chi connectivity index (χ0n) is 11.5. The van der Waals surface area contributed by atoms with Crippen molar-refractivity contribution in [2.75, 3.05) is 7.11 Å². The second-order valence-electron chi connectivity index (χ2n) is 5.05. The quantitative estimate of drug-likeness (QED) is 0.680. The number of carbonyl (C=O) groups excluding carboxylic acids is 1. The Bertz CT molecular complexity index is 558. The average molecular weight is 328 g/mol. The van der Waals surface area contributed by atoms with Gasteiger partial charge in [-0.05, 0) is 26.0 Å². The van der Waals surface area contributed by atoms with E-state index in [0.717, 1.165) is 7.11 Å². The first kappa shape index (κ1) is 17.7. The van der Waals surface area contributed by atoms with Gasteiger partial charge >= 0.3 is 12.1 Å². The molecule has 0 bridgehead atoms. The molecule has 0 aliphatic carbocycles. The molecule has 0 fully saturated rings. The van der Waals surface area contributed by atoms with E-state index in [1.54, 1.807) is 0 Å². The van der Waals surface area contributed by atoms with Crippen molar-refractivity contribution in [1.29, 1.82) is 0 Å². The summed E-state index contributed by atoms with van der Waals surface area (Å²) >= 11 is 5.49. The smallest absolute Gasteiger partial charge is 0.416 e. The van der Waals surface area contributed by atoms with Gasteiger partial charge in [0.05, 0.1) is 23.1 Å². The highest BCUT2D eigenvalue weighted by atomic mass is 35.5. The van der Waals surface area contributed by atoms with Gasteiger partial charge in [-0.2, -0.15) is 13.2 Å². The molecule has 0 spiro atoms. The van der Waals surface area contributed by atoms with Crippen molar-refractivity contribution in [3.8, 4) is 0 Å². The Morgan fingerprint density at radius 2 is 1.86 bits per heavy atom. The van der Waals surface area contributed by atoms with Crippen molar-refractivity contribution in [2.24, 2.45) is 11.1 Å². The molecule has 1 atom stereocenters. The molecule has 3 nitrogen and oxygen atoms in total. The molecule has 0 radical (unpaired) electrons. The molecular formula is C13H14ClF4NO2. The number of halogens is 5. The van der Waals surface area contributed by atoms with Crippen LogP contribution in [0.2, 0.25) is 5.02 Å². The van der Waals surface area contributed by atoms with E-state index in [2.05, 4.69) is 4.74 Å². The van der Waals surface area contributed by atoms with Crippen LogP contribution in [0, 0.1) is 11.2 Å². The molecule has 0 aromatic heterocycles. The number of ether oxygens (including phenoxy) is 1. The van der Waals surface area contributed by atoms with Crippen molar-refractivity contribution in [3.05, 3.63) is 34.1 Å². The summed E-state index contributed by atoms with van der Waals surface area (Å²) in [4.78, 5) is 11.6. The second kappa shape index (κ2) is 5.81. The van der Waals surface area contributed by atoms with Crippen LogP contribution in [0.5, 0.6) is 0 Å². The monoisotopic (exact) mass is 327 g/mol. The minimum atomic E-state index is -4.71. The molecule has 0 saturated carbocycles. The molecule has 1 aromatic rings. The van der Waals surface area contributed by atoms with Crippen molar-refractivity contribution < 1.29 is 27.1 Å². The molecule has 1 rings (SSSR count). The van der Waals surface area contributed by atoms with E-state index in [1.807, 2.05) is 0 Å². The molecular weight excluding hydrogens is 314 g/mol. The van der Waals surface area contributed by atoms with E-state index in [9.17, 15) is 22.4 Å². The Hall–Kier alpha value is -1.34. The summed E-state index contributed by atoms with van der Waals surface area (Å²) in [6, 6.07) is -0.334. The predicted molar refractivity (Wildman–Crippen MR) is 69.1 cm³/mol. The van der Waals surface area contributed by atoms with Crippen LogP contribution < -0.4 is 5.73 Å². The van der Waals surface area contributed by atoms with Crippen LogP contribution in [0.25, 0.3) is 0 Å². The lowest BCUT2D eigenvalue weighted by molar-refractivity contribution is -0.152. The Labute approximate surface area is 124 Å². The van der Waals surface area contributed by atoms with Crippen LogP contribution in [0.1, 0.15) is 31.0 Å². The molecule has 2 N–H and O–H groups in total. The number of alkyl halides is 3. The van der Waals surface area contributed by atoms with Crippen LogP contribution in [0.4, 0.5) is 17.6 Å². The van der Waals surface area contributed by atoms with E-state index < -0.39 is 45.6 Å². The maximum atomic E-state index is 14.0. The van der Waals surface area contributed by atoms with Gasteiger partial charge in [-0.25, -0.2) is 4.39 Å². The summed E-state index contributed by atoms with van der Waals surface area (Å²) in [5.74, 6) is -1.86. The Morgan fingerprint density at radius 1 is 1.33 bits per heavy atom. The van der Waals surface area contributed by atoms with Gasteiger partial charge < -0.3 is 10.5 Å². The third-order valence-corrected chi connectivity index (χ3v) is 3.48. The van der Waals surface area contributed by atoms with Gasteiger partial charge in [-0.15, -0.1) is 0 Å². The van der Waals surface area contributed by atoms with Gasteiger partial charge in [0, 0.05) is 11.6 Å². The third kappa shape index (κ3) is 3.47. The first-order valence-electron chi connectivity index (χ1n) is 5.83. The average Bonchev–Trinajstić information content (AvgIpc) is 2.38. The van der Waals surface area contributed by atoms with Crippen molar-refractivity contribution >= 4 is 17.6 Å². The number of nitrogens with two attached hydrogens (primary N) is 1. The highest BCUT2D eigenvalue weighted by Gasteiger charge is 2.40. The van der Waals surface area contributed by atoms with E-state index >= 15 is 0 Å². The lowest BCUT2D eigenvalue weighted by Gasteiger charge is -2.29. The molecule has 0 amide bonds. The lowest BCUT2D eigenvalue weighted by atomic mass is 9.80. The van der Waals surface area contributed by atoms with Gasteiger partial charge in [-0.1, -0.05) is 11.6 Å². The molecule has 0 saturated heterocycles. The van der Waals surface area contributed by atoms with Gasteiger partial charge in [0.15, 0.2) is 0 Å². The van der Waals surface area contributed by atoms with Crippen molar-refractivity contribution in [2.45, 2.75) is 26.1 Å². The highest BCUT2D eigenvalue weighted by molar-refractivity contribution is 6.30. The van der Waals surface area contributed by atoms with Crippen LogP contribution in [0.3, 0.4) is 0 Å². The summed E-state index contributed by atoms with van der Waals surface area (Å²) in [5, 5.41) is -0.712. The maximum absolute atomic E-state index is 14.0. The highest BCUT2D eigenvalue weighted by Crippen LogP contribution is 2.39. The first-order chi connectivity index (χ1) is 9.42. The number of hydrogen-bond donors (Lipinski definition) is 1. The zero-order chi connectivity index (χ0) is 16.6. The zero-order valence-corrected chi connectivity index (χ0v) is 12.3. The number of benzene rings is 1. The normalized spacial score (nSPS) is 14.0. The fraction of sp³-hybridized carbons (Fsp3) is 0.462. The van der Waals surface area contributed by atoms with Gasteiger partial charge in [0.2, 0.25) is 0 Å². The molecule has 0 aliphatic rings. The Kier molecular flexibility index (Phi) is 4.90. The molecule has 0 aliphatic heterocycles. The van der Waals surface area contributed by atoms with Crippen LogP contribution in [-0.2, 0) is 15.7 Å². The van der Waals surface area contributed by atoms with E-state index in [4.69, 9.17) is 17.3 Å². The molecule has 0 heterocycles. The van der Waals surface area contributed by atoms with E-state index in [0.29, 0.717) is 12.1 Å². The maximum Gasteiger partial charge on any atom is 0.416 e. The topological polar surface area (TPSA) is 52.3 Å². The van der Waals surface area contributed by atoms with Crippen LogP contribution >= 0.6 is 11.6 Å². The minimum absolute atomic E-state index is 0.470. The van der Waals surface area contributed by atoms with E-state index in [1.165, 1.54) is 13.8 Å². The summed E-state index contributed by atoms with van der Waals surface area (Å²) < 4.78 is 56.8. The fourth-order valence-electron chi connectivity index (χ4n) is 1.78. The number of methoxy groups -OCH3 is 1. The number of esters is 1. The second-order valence-corrected chi connectivity index (χ2v) is 5.46. The Morgan fingerprint density at radius 3 is 2.29 bits per heavy atom. The van der Waals surface area contributed by atoms with Crippen LogP contribution in [0.15, 0.2) is 12.1 Å². The molecule has 21 heavy (non-hydrogen) atoms. The number of rotatable bonds is 3. The molecule has 0 unspecified atom stereocenters. The van der Waals surface area contributed by atoms with Crippen LogP contribution in [-0.4, -0.2) is 13.1 Å². The fourth-order valence-corrected chi connectivity index (χ4v) is 2.01. The number of carbonyl (C=O) groups is 1. The largest absolute Gasteiger partial charge is 0.469 e. The lowest BCUT2D eigenvalue weighted by Crippen LogP contribution is -2.38. The molecule has 8 heteroatoms. The molecule has 118 valence electrons. The standard InChI is InChI=1S/C13H14ClF4NO2/c1-12(2,11(20)21-3)10(19)7-4-6(13(16,17)18)5-8(14)9(7)15/h4-5,10H,19H2,1-3H3/t10-/m1/s1. The summed E-state index contributed by atoms with van der Waals surface area (Å²) in [6.07, 6.45) is -4.71. The first-order valence-corrected chi connectivity index (χ1v) is 6.20. The van der Waals surface area contributed by atoms with Crippen molar-refractivity contribution in [3.63, 3.8) is 0 Å².